The molecule has 0 saturated carbocycles. The first kappa shape index (κ1) is 26.2. The van der Waals surface area contributed by atoms with Gasteiger partial charge in [-0.05, 0) is 0 Å². The maximum absolute atomic E-state index is 4.00. The summed E-state index contributed by atoms with van der Waals surface area (Å²) in [6, 6.07) is 0. The second kappa shape index (κ2) is 19.9. The van der Waals surface area contributed by atoms with Gasteiger partial charge in [0.15, 0.2) is 0 Å². The van der Waals surface area contributed by atoms with Gasteiger partial charge < -0.3 is 0 Å². The Balaban J connectivity index is 3.30. The molecule has 0 aromatic rings. The minimum Gasteiger partial charge on any atom is -0.0654 e. The van der Waals surface area contributed by atoms with Crippen LogP contribution in [0.25, 0.3) is 0 Å². The molecule has 0 unspecified atom stereocenters. The van der Waals surface area contributed by atoms with E-state index < -0.39 is 7.26 Å². The first-order chi connectivity index (χ1) is 12.7. The molecule has 0 atom stereocenters. The first-order valence-electron chi connectivity index (χ1n) is 12.4. The summed E-state index contributed by atoms with van der Waals surface area (Å²) < 4.78 is 0. The standard InChI is InChI=1S/C25H53P/c1-5-9-10-11-12-13-14-15-16-17-18-19-20-21-22-23-25-26(7-3,8-4)24-6-2/h6,26H,2,5,7-25H2,1,3-4H3. The fourth-order valence-corrected chi connectivity index (χ4v) is 7.95. The molecule has 26 heavy (non-hydrogen) atoms. The minimum atomic E-state index is -0.969. The van der Waals surface area contributed by atoms with Gasteiger partial charge in [0.05, 0.1) is 0 Å². The van der Waals surface area contributed by atoms with Gasteiger partial charge in [-0.3, -0.25) is 0 Å². The van der Waals surface area contributed by atoms with Gasteiger partial charge in [0.25, 0.3) is 0 Å². The Morgan fingerprint density at radius 2 is 0.885 bits per heavy atom. The van der Waals surface area contributed by atoms with Gasteiger partial charge in [-0.1, -0.05) is 39.0 Å². The Kier molecular flexibility index (Phi) is 20.0. The average Bonchev–Trinajstić information content (AvgIpc) is 2.66. The van der Waals surface area contributed by atoms with Crippen LogP contribution in [0.15, 0.2) is 12.7 Å². The van der Waals surface area contributed by atoms with Crippen molar-refractivity contribution in [2.75, 3.05) is 24.6 Å². The van der Waals surface area contributed by atoms with Crippen LogP contribution in [-0.4, -0.2) is 24.6 Å². The van der Waals surface area contributed by atoms with Gasteiger partial charge in [0.1, 0.15) is 0 Å². The van der Waals surface area contributed by atoms with Crippen molar-refractivity contribution in [1.82, 2.24) is 0 Å². The van der Waals surface area contributed by atoms with Gasteiger partial charge in [0, 0.05) is 0 Å². The van der Waals surface area contributed by atoms with E-state index in [1.165, 1.54) is 121 Å². The number of rotatable bonds is 21. The Hall–Kier alpha value is 0.170. The second-order valence-corrected chi connectivity index (χ2v) is 14.1. The SMILES string of the molecule is C=CC[PH](CC)(CC)CCCCCCCCCCCCCCCCCC. The molecular formula is C25H53P. The summed E-state index contributed by atoms with van der Waals surface area (Å²) in [6.45, 7) is 11.1. The Morgan fingerprint density at radius 1 is 0.538 bits per heavy atom. The molecule has 0 aromatic carbocycles. The molecule has 0 aliphatic rings. The third-order valence-electron chi connectivity index (χ3n) is 6.64. The molecule has 0 aliphatic carbocycles. The van der Waals surface area contributed by atoms with Crippen LogP contribution in [0.1, 0.15) is 124 Å². The molecule has 0 spiro atoms. The Labute approximate surface area is 168 Å². The number of unbranched alkanes of at least 4 members (excludes halogenated alkanes) is 15. The summed E-state index contributed by atoms with van der Waals surface area (Å²) in [5, 5.41) is 0. The molecule has 0 rings (SSSR count). The van der Waals surface area contributed by atoms with E-state index in [9.17, 15) is 0 Å². The van der Waals surface area contributed by atoms with E-state index in [2.05, 4.69) is 33.4 Å². The van der Waals surface area contributed by atoms with Crippen molar-refractivity contribution in [1.29, 1.82) is 0 Å². The predicted octanol–water partition coefficient (Wildman–Crippen LogP) is 9.22. The smallest absolute Gasteiger partial charge is 0.0654 e. The summed E-state index contributed by atoms with van der Waals surface area (Å²) in [5.74, 6) is 0. The van der Waals surface area contributed by atoms with Crippen molar-refractivity contribution in [3.05, 3.63) is 12.7 Å². The van der Waals surface area contributed by atoms with E-state index in [0.717, 1.165) is 0 Å². The van der Waals surface area contributed by atoms with Crippen molar-refractivity contribution in [3.8, 4) is 0 Å². The molecule has 158 valence electrons. The number of allylic oxidation sites excluding steroid dienone is 1. The zero-order valence-corrected chi connectivity index (χ0v) is 19.9. The van der Waals surface area contributed by atoms with Gasteiger partial charge in [-0.15, -0.1) is 0 Å². The van der Waals surface area contributed by atoms with Crippen molar-refractivity contribution < 1.29 is 0 Å². The maximum atomic E-state index is 4.00. The van der Waals surface area contributed by atoms with Crippen LogP contribution in [0.5, 0.6) is 0 Å². The molecule has 0 N–H and O–H groups in total. The van der Waals surface area contributed by atoms with Crippen LogP contribution in [0, 0.1) is 0 Å². The van der Waals surface area contributed by atoms with Crippen LogP contribution in [0.4, 0.5) is 0 Å². The van der Waals surface area contributed by atoms with E-state index in [4.69, 9.17) is 0 Å². The third kappa shape index (κ3) is 15.2. The third-order valence-corrected chi connectivity index (χ3v) is 12.2. The monoisotopic (exact) mass is 384 g/mol. The van der Waals surface area contributed by atoms with Gasteiger partial charge in [0.2, 0.25) is 0 Å². The Bertz CT molecular complexity index is 280. The van der Waals surface area contributed by atoms with Crippen LogP contribution in [-0.2, 0) is 0 Å². The fraction of sp³-hybridized carbons (Fsp3) is 0.920. The van der Waals surface area contributed by atoms with Crippen LogP contribution in [0.2, 0.25) is 0 Å². The quantitative estimate of drug-likeness (QED) is 0.105. The van der Waals surface area contributed by atoms with Crippen molar-refractivity contribution in [2.24, 2.45) is 0 Å². The molecule has 0 nitrogen and oxygen atoms in total. The summed E-state index contributed by atoms with van der Waals surface area (Å²) in [6.07, 6.45) is 31.5. The summed E-state index contributed by atoms with van der Waals surface area (Å²) in [7, 11) is -0.969. The molecule has 0 heterocycles. The van der Waals surface area contributed by atoms with Crippen LogP contribution in [0.3, 0.4) is 0 Å². The van der Waals surface area contributed by atoms with Gasteiger partial charge in [-0.2, -0.15) is 0 Å². The molecule has 0 aliphatic heterocycles. The molecule has 0 radical (unpaired) electrons. The van der Waals surface area contributed by atoms with Crippen LogP contribution >= 0.6 is 7.26 Å². The molecule has 0 saturated heterocycles. The van der Waals surface area contributed by atoms with Crippen LogP contribution < -0.4 is 0 Å². The molecule has 0 aromatic heterocycles. The molecule has 0 fully saturated rings. The van der Waals surface area contributed by atoms with Crippen molar-refractivity contribution >= 4 is 7.26 Å². The molecule has 0 bridgehead atoms. The minimum absolute atomic E-state index is 0.969. The average molecular weight is 385 g/mol. The van der Waals surface area contributed by atoms with Crippen molar-refractivity contribution in [2.45, 2.75) is 124 Å². The molecule has 0 amide bonds. The predicted molar refractivity (Wildman–Crippen MR) is 129 cm³/mol. The number of hydrogen-bond donors (Lipinski definition) is 0. The zero-order chi connectivity index (χ0) is 19.3. The van der Waals surface area contributed by atoms with Gasteiger partial charge in [-0.25, -0.2) is 0 Å². The fourth-order valence-electron chi connectivity index (χ4n) is 4.35. The summed E-state index contributed by atoms with van der Waals surface area (Å²) in [5.41, 5.74) is 0. The van der Waals surface area contributed by atoms with E-state index in [1.807, 2.05) is 0 Å². The van der Waals surface area contributed by atoms with E-state index in [1.54, 1.807) is 6.16 Å². The molecule has 1 heteroatoms. The Morgan fingerprint density at radius 3 is 1.19 bits per heavy atom. The van der Waals surface area contributed by atoms with Gasteiger partial charge >= 0.3 is 129 Å². The van der Waals surface area contributed by atoms with E-state index in [0.29, 0.717) is 0 Å². The second-order valence-electron chi connectivity index (χ2n) is 8.75. The molecular weight excluding hydrogens is 331 g/mol. The summed E-state index contributed by atoms with van der Waals surface area (Å²) in [4.78, 5) is 0. The normalized spacial score (nSPS) is 12.4. The first-order valence-corrected chi connectivity index (χ1v) is 15.2. The summed E-state index contributed by atoms with van der Waals surface area (Å²) >= 11 is 0. The van der Waals surface area contributed by atoms with E-state index >= 15 is 0 Å². The number of hydrogen-bond acceptors (Lipinski definition) is 0. The van der Waals surface area contributed by atoms with E-state index in [-0.39, 0.29) is 0 Å². The topological polar surface area (TPSA) is 0 Å². The zero-order valence-electron chi connectivity index (χ0n) is 18.9. The van der Waals surface area contributed by atoms with Crippen molar-refractivity contribution in [3.63, 3.8) is 0 Å².